The monoisotopic (exact) mass is 401 g/mol. The molecule has 2 atom stereocenters. The Morgan fingerprint density at radius 1 is 1.21 bits per heavy atom. The topological polar surface area (TPSA) is 87.7 Å². The largest absolute Gasteiger partial charge is 0.384 e. The summed E-state index contributed by atoms with van der Waals surface area (Å²) < 4.78 is 5.83. The zero-order valence-corrected chi connectivity index (χ0v) is 17.5. The van der Waals surface area contributed by atoms with Gasteiger partial charge in [0, 0.05) is 31.8 Å². The number of carbonyl (C=O) groups is 3. The van der Waals surface area contributed by atoms with Gasteiger partial charge < -0.3 is 15.0 Å². The molecule has 1 saturated heterocycles. The lowest BCUT2D eigenvalue weighted by Crippen LogP contribution is -2.52. The van der Waals surface area contributed by atoms with Crippen LogP contribution in [0.25, 0.3) is 0 Å². The van der Waals surface area contributed by atoms with Gasteiger partial charge in [-0.05, 0) is 43.7 Å². The van der Waals surface area contributed by atoms with E-state index in [9.17, 15) is 14.4 Å². The van der Waals surface area contributed by atoms with Gasteiger partial charge in [-0.25, -0.2) is 0 Å². The van der Waals surface area contributed by atoms with E-state index in [4.69, 9.17) is 4.74 Å². The van der Waals surface area contributed by atoms with Crippen molar-refractivity contribution in [2.75, 3.05) is 18.5 Å². The molecule has 158 valence electrons. The Hall–Kier alpha value is -2.41. The van der Waals surface area contributed by atoms with Gasteiger partial charge in [-0.2, -0.15) is 0 Å². The number of anilines is 1. The Labute approximate surface area is 172 Å². The molecule has 3 rings (SSSR count). The molecule has 0 aromatic heterocycles. The highest BCUT2D eigenvalue weighted by atomic mass is 16.5. The van der Waals surface area contributed by atoms with Crippen LogP contribution in [0.4, 0.5) is 5.69 Å². The zero-order chi connectivity index (χ0) is 21.0. The summed E-state index contributed by atoms with van der Waals surface area (Å²) >= 11 is 0. The lowest BCUT2D eigenvalue weighted by molar-refractivity contribution is -0.136. The number of nitrogens with one attached hydrogen (secondary N) is 2. The summed E-state index contributed by atoms with van der Waals surface area (Å²) in [5, 5.41) is 5.70. The van der Waals surface area contributed by atoms with Crippen molar-refractivity contribution in [2.24, 2.45) is 5.92 Å². The number of carbonyl (C=O) groups excluding carboxylic acids is 3. The van der Waals surface area contributed by atoms with Gasteiger partial charge in [0.2, 0.25) is 11.8 Å². The number of ether oxygens (including phenoxy) is 1. The first kappa shape index (κ1) is 21.3. The van der Waals surface area contributed by atoms with Crippen molar-refractivity contribution in [1.82, 2.24) is 10.2 Å². The van der Waals surface area contributed by atoms with Crippen LogP contribution in [0.3, 0.4) is 0 Å². The summed E-state index contributed by atoms with van der Waals surface area (Å²) in [5.74, 6) is -0.184. The van der Waals surface area contributed by atoms with Gasteiger partial charge in [0.15, 0.2) is 0 Å². The van der Waals surface area contributed by atoms with E-state index in [-0.39, 0.29) is 30.2 Å². The summed E-state index contributed by atoms with van der Waals surface area (Å²) in [4.78, 5) is 38.2. The predicted molar refractivity (Wildman–Crippen MR) is 110 cm³/mol. The summed E-state index contributed by atoms with van der Waals surface area (Å²) in [6, 6.07) is 5.15. The van der Waals surface area contributed by atoms with Gasteiger partial charge in [0.05, 0.1) is 11.7 Å². The van der Waals surface area contributed by atoms with Crippen molar-refractivity contribution >= 4 is 23.4 Å². The fraction of sp³-hybridized carbons (Fsp3) is 0.591. The Balaban J connectivity index is 1.58. The van der Waals surface area contributed by atoms with E-state index in [0.29, 0.717) is 31.0 Å². The van der Waals surface area contributed by atoms with Gasteiger partial charge in [-0.3, -0.25) is 19.7 Å². The number of piperidine rings is 1. The SMILES string of the molecule is CC(C)CCOC(C)CCNc1cccc2c1C(=O)N(C1CCC(=O)NC1=O)C2. The molecule has 1 fully saturated rings. The van der Waals surface area contributed by atoms with Crippen molar-refractivity contribution in [2.45, 2.75) is 65.1 Å². The fourth-order valence-electron chi connectivity index (χ4n) is 3.76. The van der Waals surface area contributed by atoms with E-state index in [0.717, 1.165) is 30.7 Å². The molecule has 1 aromatic rings. The lowest BCUT2D eigenvalue weighted by Gasteiger charge is -2.29. The lowest BCUT2D eigenvalue weighted by atomic mass is 10.0. The molecule has 3 amide bonds. The summed E-state index contributed by atoms with van der Waals surface area (Å²) in [6.45, 7) is 8.28. The average Bonchev–Trinajstić information content (AvgIpc) is 2.99. The van der Waals surface area contributed by atoms with Crippen LogP contribution >= 0.6 is 0 Å². The van der Waals surface area contributed by atoms with Gasteiger partial charge in [0.1, 0.15) is 6.04 Å². The summed E-state index contributed by atoms with van der Waals surface area (Å²) in [6.07, 6.45) is 2.67. The Morgan fingerprint density at radius 3 is 2.72 bits per heavy atom. The minimum atomic E-state index is -0.588. The maximum Gasteiger partial charge on any atom is 0.257 e. The molecule has 0 bridgehead atoms. The quantitative estimate of drug-likeness (QED) is 0.621. The molecule has 2 heterocycles. The maximum atomic E-state index is 13.0. The van der Waals surface area contributed by atoms with Crippen LogP contribution in [-0.4, -0.2) is 47.9 Å². The first-order valence-corrected chi connectivity index (χ1v) is 10.5. The van der Waals surface area contributed by atoms with Crippen LogP contribution < -0.4 is 10.6 Å². The molecule has 0 radical (unpaired) electrons. The van der Waals surface area contributed by atoms with Crippen LogP contribution in [0.5, 0.6) is 0 Å². The summed E-state index contributed by atoms with van der Waals surface area (Å²) in [5.41, 5.74) is 2.33. The smallest absolute Gasteiger partial charge is 0.257 e. The maximum absolute atomic E-state index is 13.0. The van der Waals surface area contributed by atoms with Crippen molar-refractivity contribution in [1.29, 1.82) is 0 Å². The molecule has 29 heavy (non-hydrogen) atoms. The fourth-order valence-corrected chi connectivity index (χ4v) is 3.76. The minimum absolute atomic E-state index is 0.147. The molecule has 2 aliphatic heterocycles. The van der Waals surface area contributed by atoms with Crippen LogP contribution in [0.15, 0.2) is 18.2 Å². The second-order valence-electron chi connectivity index (χ2n) is 8.32. The number of hydrogen-bond donors (Lipinski definition) is 2. The summed E-state index contributed by atoms with van der Waals surface area (Å²) in [7, 11) is 0. The van der Waals surface area contributed by atoms with E-state index in [1.54, 1.807) is 4.90 Å². The van der Waals surface area contributed by atoms with E-state index >= 15 is 0 Å². The van der Waals surface area contributed by atoms with Crippen molar-refractivity contribution in [3.05, 3.63) is 29.3 Å². The molecule has 1 aromatic carbocycles. The molecule has 0 spiro atoms. The number of fused-ring (bicyclic) bond motifs is 1. The van der Waals surface area contributed by atoms with Crippen molar-refractivity contribution in [3.63, 3.8) is 0 Å². The van der Waals surface area contributed by atoms with Crippen LogP contribution in [0.2, 0.25) is 0 Å². The van der Waals surface area contributed by atoms with Gasteiger partial charge >= 0.3 is 0 Å². The average molecular weight is 402 g/mol. The molecule has 7 nitrogen and oxygen atoms in total. The highest BCUT2D eigenvalue weighted by molar-refractivity contribution is 6.07. The zero-order valence-electron chi connectivity index (χ0n) is 17.5. The van der Waals surface area contributed by atoms with Crippen LogP contribution in [-0.2, 0) is 20.9 Å². The van der Waals surface area contributed by atoms with Crippen molar-refractivity contribution in [3.8, 4) is 0 Å². The molecule has 2 aliphatic rings. The van der Waals surface area contributed by atoms with Gasteiger partial charge in [0.25, 0.3) is 5.91 Å². The number of benzene rings is 1. The second-order valence-corrected chi connectivity index (χ2v) is 8.32. The molecule has 0 aliphatic carbocycles. The van der Waals surface area contributed by atoms with Crippen molar-refractivity contribution < 1.29 is 19.1 Å². The van der Waals surface area contributed by atoms with Crippen LogP contribution in [0, 0.1) is 5.92 Å². The third-order valence-corrected chi connectivity index (χ3v) is 5.52. The molecule has 0 saturated carbocycles. The van der Waals surface area contributed by atoms with E-state index in [1.165, 1.54) is 0 Å². The highest BCUT2D eigenvalue weighted by Gasteiger charge is 2.40. The third kappa shape index (κ3) is 5.15. The minimum Gasteiger partial charge on any atom is -0.384 e. The molecule has 2 N–H and O–H groups in total. The van der Waals surface area contributed by atoms with Crippen LogP contribution in [0.1, 0.15) is 62.4 Å². The predicted octanol–water partition coefficient (Wildman–Crippen LogP) is 2.70. The third-order valence-electron chi connectivity index (χ3n) is 5.52. The molecule has 2 unspecified atom stereocenters. The van der Waals surface area contributed by atoms with Gasteiger partial charge in [-0.1, -0.05) is 26.0 Å². The normalized spacial score (nSPS) is 20.1. The molecular formula is C22H31N3O4. The standard InChI is InChI=1S/C22H31N3O4/c1-14(2)10-12-29-15(3)9-11-23-17-6-4-5-16-13-25(22(28)20(16)17)18-7-8-19(26)24-21(18)27/h4-6,14-15,18,23H,7-13H2,1-3H3,(H,24,26,27). The number of imide groups is 1. The Morgan fingerprint density at radius 2 is 2.00 bits per heavy atom. The number of hydrogen-bond acceptors (Lipinski definition) is 5. The molecular weight excluding hydrogens is 370 g/mol. The van der Waals surface area contributed by atoms with E-state index < -0.39 is 6.04 Å². The first-order valence-electron chi connectivity index (χ1n) is 10.5. The van der Waals surface area contributed by atoms with E-state index in [1.807, 2.05) is 18.2 Å². The number of rotatable bonds is 9. The van der Waals surface area contributed by atoms with Gasteiger partial charge in [-0.15, -0.1) is 0 Å². The Bertz CT molecular complexity index is 777. The molecule has 7 heteroatoms. The first-order chi connectivity index (χ1) is 13.9. The van der Waals surface area contributed by atoms with E-state index in [2.05, 4.69) is 31.4 Å². The number of amides is 3. The number of nitrogens with zero attached hydrogens (tertiary/aromatic N) is 1. The second kappa shape index (κ2) is 9.39. The Kier molecular flexibility index (Phi) is 6.90. The highest BCUT2D eigenvalue weighted by Crippen LogP contribution is 2.32.